The zero-order valence-corrected chi connectivity index (χ0v) is 12.1. The van der Waals surface area contributed by atoms with Crippen LogP contribution in [0.25, 0.3) is 0 Å². The van der Waals surface area contributed by atoms with Crippen molar-refractivity contribution in [2.75, 3.05) is 26.2 Å². The summed E-state index contributed by atoms with van der Waals surface area (Å²) in [6.07, 6.45) is 1.49. The van der Waals surface area contributed by atoms with Gasteiger partial charge >= 0.3 is 0 Å². The summed E-state index contributed by atoms with van der Waals surface area (Å²) in [6, 6.07) is 0.132. The fraction of sp³-hybridized carbons (Fsp3) is 0.769. The minimum Gasteiger partial charge on any atom is -0.353 e. The van der Waals surface area contributed by atoms with Crippen LogP contribution < -0.4 is 16.4 Å². The van der Waals surface area contributed by atoms with Crippen LogP contribution in [0, 0.1) is 5.92 Å². The highest BCUT2D eigenvalue weighted by molar-refractivity contribution is 5.85. The maximum Gasteiger partial charge on any atom is 0.241 e. The Labute approximate surface area is 119 Å². The summed E-state index contributed by atoms with van der Waals surface area (Å²) in [5.74, 6) is -0.427. The van der Waals surface area contributed by atoms with Gasteiger partial charge in [-0.3, -0.25) is 14.4 Å². The molecule has 20 heavy (non-hydrogen) atoms. The number of hydrogen-bond donors (Lipinski definition) is 3. The quantitative estimate of drug-likeness (QED) is 0.591. The molecule has 0 aromatic rings. The summed E-state index contributed by atoms with van der Waals surface area (Å²) >= 11 is 0. The van der Waals surface area contributed by atoms with Crippen molar-refractivity contribution in [2.45, 2.75) is 32.7 Å². The molecule has 7 nitrogen and oxygen atoms in total. The molecule has 1 heterocycles. The van der Waals surface area contributed by atoms with E-state index in [-0.39, 0.29) is 42.8 Å². The lowest BCUT2D eigenvalue weighted by atomic mass is 10.0. The van der Waals surface area contributed by atoms with Gasteiger partial charge in [0.05, 0.1) is 13.1 Å². The van der Waals surface area contributed by atoms with Crippen molar-refractivity contribution in [3.63, 3.8) is 0 Å². The van der Waals surface area contributed by atoms with E-state index in [0.29, 0.717) is 13.1 Å². The molecule has 1 aliphatic rings. The van der Waals surface area contributed by atoms with E-state index in [0.717, 1.165) is 12.8 Å². The number of amides is 3. The predicted molar refractivity (Wildman–Crippen MR) is 74.6 cm³/mol. The number of nitrogens with two attached hydrogens (primary N) is 1. The Balaban J connectivity index is 2.29. The Bertz CT molecular complexity index is 363. The molecule has 0 aliphatic carbocycles. The SMILES string of the molecule is CC(C)C(=O)NC1CCN(C(=O)CNC(=O)CN)CC1. The molecule has 114 valence electrons. The number of likely N-dealkylation sites (tertiary alicyclic amines) is 1. The van der Waals surface area contributed by atoms with E-state index in [4.69, 9.17) is 5.73 Å². The summed E-state index contributed by atoms with van der Waals surface area (Å²) in [4.78, 5) is 36.1. The van der Waals surface area contributed by atoms with Crippen LogP contribution in [0.4, 0.5) is 0 Å². The standard InChI is InChI=1S/C13H24N4O3/c1-9(2)13(20)16-10-3-5-17(6-4-10)12(19)8-15-11(18)7-14/h9-10H,3-8,14H2,1-2H3,(H,15,18)(H,16,20). The molecule has 0 atom stereocenters. The molecular weight excluding hydrogens is 260 g/mol. The van der Waals surface area contributed by atoms with E-state index in [9.17, 15) is 14.4 Å². The van der Waals surface area contributed by atoms with Crippen LogP contribution in [0.3, 0.4) is 0 Å². The second-order valence-electron chi connectivity index (χ2n) is 5.30. The van der Waals surface area contributed by atoms with Crippen LogP contribution in [0.15, 0.2) is 0 Å². The summed E-state index contributed by atoms with van der Waals surface area (Å²) in [5, 5.41) is 5.44. The molecule has 1 rings (SSSR count). The third kappa shape index (κ3) is 5.16. The van der Waals surface area contributed by atoms with Crippen LogP contribution in [-0.2, 0) is 14.4 Å². The lowest BCUT2D eigenvalue weighted by Gasteiger charge is -2.32. The number of carbonyl (C=O) groups is 3. The Morgan fingerprint density at radius 2 is 1.85 bits per heavy atom. The predicted octanol–water partition coefficient (Wildman–Crippen LogP) is -1.18. The van der Waals surface area contributed by atoms with Crippen molar-refractivity contribution in [2.24, 2.45) is 11.7 Å². The van der Waals surface area contributed by atoms with Crippen LogP contribution in [0.1, 0.15) is 26.7 Å². The molecular formula is C13H24N4O3. The fourth-order valence-corrected chi connectivity index (χ4v) is 2.00. The molecule has 3 amide bonds. The van der Waals surface area contributed by atoms with E-state index in [1.807, 2.05) is 13.8 Å². The summed E-state index contributed by atoms with van der Waals surface area (Å²) in [5.41, 5.74) is 5.15. The van der Waals surface area contributed by atoms with Gasteiger partial charge in [-0.1, -0.05) is 13.8 Å². The van der Waals surface area contributed by atoms with Crippen LogP contribution in [0.2, 0.25) is 0 Å². The van der Waals surface area contributed by atoms with Gasteiger partial charge in [0.25, 0.3) is 0 Å². The molecule has 1 saturated heterocycles. The minimum atomic E-state index is -0.336. The maximum absolute atomic E-state index is 11.8. The van der Waals surface area contributed by atoms with E-state index in [2.05, 4.69) is 10.6 Å². The topological polar surface area (TPSA) is 105 Å². The third-order valence-corrected chi connectivity index (χ3v) is 3.34. The van der Waals surface area contributed by atoms with E-state index < -0.39 is 0 Å². The van der Waals surface area contributed by atoms with Crippen LogP contribution in [-0.4, -0.2) is 54.8 Å². The van der Waals surface area contributed by atoms with E-state index in [1.54, 1.807) is 4.90 Å². The van der Waals surface area contributed by atoms with Gasteiger partial charge in [-0.05, 0) is 12.8 Å². The molecule has 1 aliphatic heterocycles. The van der Waals surface area contributed by atoms with Crippen LogP contribution in [0.5, 0.6) is 0 Å². The summed E-state index contributed by atoms with van der Waals surface area (Å²) < 4.78 is 0. The summed E-state index contributed by atoms with van der Waals surface area (Å²) in [7, 11) is 0. The molecule has 0 aromatic heterocycles. The Morgan fingerprint density at radius 3 is 2.35 bits per heavy atom. The number of rotatable bonds is 5. The molecule has 7 heteroatoms. The smallest absolute Gasteiger partial charge is 0.241 e. The second kappa shape index (κ2) is 7.84. The number of nitrogens with one attached hydrogen (secondary N) is 2. The Hall–Kier alpha value is -1.63. The van der Waals surface area contributed by atoms with Gasteiger partial charge in [0.15, 0.2) is 0 Å². The van der Waals surface area contributed by atoms with E-state index >= 15 is 0 Å². The highest BCUT2D eigenvalue weighted by atomic mass is 16.2. The van der Waals surface area contributed by atoms with Crippen molar-refractivity contribution in [3.8, 4) is 0 Å². The number of hydrogen-bond acceptors (Lipinski definition) is 4. The van der Waals surface area contributed by atoms with E-state index in [1.165, 1.54) is 0 Å². The first-order valence-electron chi connectivity index (χ1n) is 6.99. The Kier molecular flexibility index (Phi) is 6.44. The number of nitrogens with zero attached hydrogens (tertiary/aromatic N) is 1. The normalized spacial score (nSPS) is 16.1. The van der Waals surface area contributed by atoms with Crippen molar-refractivity contribution in [3.05, 3.63) is 0 Å². The second-order valence-corrected chi connectivity index (χ2v) is 5.30. The first-order valence-corrected chi connectivity index (χ1v) is 6.99. The third-order valence-electron chi connectivity index (χ3n) is 3.34. The zero-order valence-electron chi connectivity index (χ0n) is 12.1. The molecule has 0 bridgehead atoms. The Morgan fingerprint density at radius 1 is 1.25 bits per heavy atom. The fourth-order valence-electron chi connectivity index (χ4n) is 2.00. The highest BCUT2D eigenvalue weighted by Gasteiger charge is 2.24. The molecule has 4 N–H and O–H groups in total. The molecule has 0 aromatic carbocycles. The first kappa shape index (κ1) is 16.4. The summed E-state index contributed by atoms with van der Waals surface area (Å²) in [6.45, 7) is 4.78. The number of carbonyl (C=O) groups excluding carboxylic acids is 3. The molecule has 0 unspecified atom stereocenters. The van der Waals surface area contributed by atoms with Gasteiger partial charge in [0, 0.05) is 25.0 Å². The zero-order chi connectivity index (χ0) is 15.1. The van der Waals surface area contributed by atoms with Gasteiger partial charge in [-0.25, -0.2) is 0 Å². The number of piperidine rings is 1. The average Bonchev–Trinajstić information content (AvgIpc) is 2.44. The molecule has 1 fully saturated rings. The van der Waals surface area contributed by atoms with Crippen molar-refractivity contribution < 1.29 is 14.4 Å². The van der Waals surface area contributed by atoms with Crippen molar-refractivity contribution in [1.29, 1.82) is 0 Å². The van der Waals surface area contributed by atoms with Gasteiger partial charge in [-0.15, -0.1) is 0 Å². The largest absolute Gasteiger partial charge is 0.353 e. The molecule has 0 spiro atoms. The minimum absolute atomic E-state index is 0.0148. The maximum atomic E-state index is 11.8. The van der Waals surface area contributed by atoms with Crippen LogP contribution >= 0.6 is 0 Å². The average molecular weight is 284 g/mol. The molecule has 0 saturated carbocycles. The van der Waals surface area contributed by atoms with Crippen molar-refractivity contribution in [1.82, 2.24) is 15.5 Å². The molecule has 0 radical (unpaired) electrons. The van der Waals surface area contributed by atoms with Crippen molar-refractivity contribution >= 4 is 17.7 Å². The lowest BCUT2D eigenvalue weighted by Crippen LogP contribution is -2.49. The highest BCUT2D eigenvalue weighted by Crippen LogP contribution is 2.11. The van der Waals surface area contributed by atoms with Gasteiger partial charge in [0.1, 0.15) is 0 Å². The van der Waals surface area contributed by atoms with Gasteiger partial charge in [-0.2, -0.15) is 0 Å². The lowest BCUT2D eigenvalue weighted by molar-refractivity contribution is -0.133. The van der Waals surface area contributed by atoms with Gasteiger partial charge in [0.2, 0.25) is 17.7 Å². The monoisotopic (exact) mass is 284 g/mol. The first-order chi connectivity index (χ1) is 9.43. The van der Waals surface area contributed by atoms with Gasteiger partial charge < -0.3 is 21.3 Å².